The summed E-state index contributed by atoms with van der Waals surface area (Å²) in [6.45, 7) is -1.55. The molecule has 3 heterocycles. The van der Waals surface area contributed by atoms with Gasteiger partial charge in [0.1, 0.15) is 5.82 Å². The van der Waals surface area contributed by atoms with Gasteiger partial charge in [-0.25, -0.2) is 9.37 Å². The highest BCUT2D eigenvalue weighted by molar-refractivity contribution is 6.13. The van der Waals surface area contributed by atoms with Crippen LogP contribution in [0.4, 0.5) is 18.9 Å². The van der Waals surface area contributed by atoms with Gasteiger partial charge in [0.25, 0.3) is 11.6 Å². The van der Waals surface area contributed by atoms with Crippen LogP contribution in [0.2, 0.25) is 0 Å². The zero-order valence-electron chi connectivity index (χ0n) is 15.7. The lowest BCUT2D eigenvalue weighted by Crippen LogP contribution is -2.15. The third-order valence-corrected chi connectivity index (χ3v) is 4.27. The molecule has 0 spiro atoms. The summed E-state index contributed by atoms with van der Waals surface area (Å²) in [7, 11) is 1.73. The number of benzene rings is 1. The second-order valence-electron chi connectivity index (χ2n) is 6.38. The van der Waals surface area contributed by atoms with E-state index in [1.165, 1.54) is 6.07 Å². The number of amides is 1. The SMILES string of the molecule is Cc1noc2nc(-c3cnn(C)c3)cc(C(=O)Nc3ccc(F)cc3OC(F)F)c12. The number of hydrogen-bond acceptors (Lipinski definition) is 6. The molecule has 0 aliphatic rings. The van der Waals surface area contributed by atoms with Crippen LogP contribution in [0, 0.1) is 12.7 Å². The number of aromatic nitrogens is 4. The second kappa shape index (κ2) is 7.50. The molecule has 0 fully saturated rings. The van der Waals surface area contributed by atoms with Crippen LogP contribution in [0.25, 0.3) is 22.4 Å². The molecular weight excluding hydrogens is 403 g/mol. The molecule has 1 amide bonds. The lowest BCUT2D eigenvalue weighted by atomic mass is 10.1. The molecule has 4 aromatic rings. The number of nitrogens with one attached hydrogen (secondary N) is 1. The Morgan fingerprint density at radius 1 is 1.30 bits per heavy atom. The Balaban J connectivity index is 1.77. The monoisotopic (exact) mass is 417 g/mol. The summed E-state index contributed by atoms with van der Waals surface area (Å²) in [4.78, 5) is 17.4. The van der Waals surface area contributed by atoms with Crippen molar-refractivity contribution in [3.05, 3.63) is 53.7 Å². The van der Waals surface area contributed by atoms with Crippen molar-refractivity contribution in [3.8, 4) is 17.0 Å². The number of aryl methyl sites for hydroxylation is 2. The van der Waals surface area contributed by atoms with Gasteiger partial charge in [-0.1, -0.05) is 5.16 Å². The third kappa shape index (κ3) is 3.69. The molecule has 1 aromatic carbocycles. The first kappa shape index (κ1) is 19.4. The van der Waals surface area contributed by atoms with Crippen molar-refractivity contribution in [3.63, 3.8) is 0 Å². The molecule has 0 unspecified atom stereocenters. The number of nitrogens with zero attached hydrogens (tertiary/aromatic N) is 4. The van der Waals surface area contributed by atoms with Crippen LogP contribution < -0.4 is 10.1 Å². The molecule has 0 saturated heterocycles. The van der Waals surface area contributed by atoms with Gasteiger partial charge in [-0.15, -0.1) is 0 Å². The fourth-order valence-corrected chi connectivity index (χ4v) is 2.96. The highest BCUT2D eigenvalue weighted by atomic mass is 19.3. The third-order valence-electron chi connectivity index (χ3n) is 4.27. The summed E-state index contributed by atoms with van der Waals surface area (Å²) in [6.07, 6.45) is 3.27. The standard InChI is InChI=1S/C19H14F3N5O3/c1-9-16-12(6-14(25-18(16)30-26-9)10-7-23-27(2)8-10)17(28)24-13-4-3-11(20)5-15(13)29-19(21)22/h3-8,19H,1-2H3,(H,24,28). The summed E-state index contributed by atoms with van der Waals surface area (Å²) in [5, 5.41) is 10.7. The quantitative estimate of drug-likeness (QED) is 0.529. The van der Waals surface area contributed by atoms with E-state index in [2.05, 4.69) is 25.3 Å². The minimum Gasteiger partial charge on any atom is -0.432 e. The number of anilines is 1. The van der Waals surface area contributed by atoms with E-state index in [-0.39, 0.29) is 17.0 Å². The summed E-state index contributed by atoms with van der Waals surface area (Å²) in [6, 6.07) is 4.42. The molecule has 4 rings (SSSR count). The van der Waals surface area contributed by atoms with Gasteiger partial charge in [-0.05, 0) is 25.1 Å². The Bertz CT molecular complexity index is 1250. The van der Waals surface area contributed by atoms with Crippen molar-refractivity contribution in [1.82, 2.24) is 19.9 Å². The Morgan fingerprint density at radius 3 is 2.80 bits per heavy atom. The van der Waals surface area contributed by atoms with Crippen LogP contribution in [0.1, 0.15) is 16.1 Å². The minimum atomic E-state index is -3.19. The van der Waals surface area contributed by atoms with Crippen molar-refractivity contribution in [2.75, 3.05) is 5.32 Å². The van der Waals surface area contributed by atoms with Gasteiger partial charge in [0.15, 0.2) is 5.75 Å². The van der Waals surface area contributed by atoms with E-state index in [1.807, 2.05) is 0 Å². The Labute approximate surface area is 167 Å². The predicted molar refractivity (Wildman–Crippen MR) is 99.7 cm³/mol. The molecule has 1 N–H and O–H groups in total. The fraction of sp³-hybridized carbons (Fsp3) is 0.158. The number of ether oxygens (including phenoxy) is 1. The highest BCUT2D eigenvalue weighted by Gasteiger charge is 2.21. The number of alkyl halides is 2. The average molecular weight is 417 g/mol. The zero-order valence-corrected chi connectivity index (χ0v) is 15.7. The van der Waals surface area contributed by atoms with Crippen LogP contribution in [-0.4, -0.2) is 32.4 Å². The Kier molecular flexibility index (Phi) is 4.86. The van der Waals surface area contributed by atoms with Gasteiger partial charge in [0.05, 0.1) is 34.2 Å². The van der Waals surface area contributed by atoms with Gasteiger partial charge >= 0.3 is 6.61 Å². The molecule has 154 valence electrons. The number of pyridine rings is 1. The van der Waals surface area contributed by atoms with E-state index in [9.17, 15) is 18.0 Å². The van der Waals surface area contributed by atoms with Gasteiger partial charge in [-0.3, -0.25) is 9.48 Å². The first-order chi connectivity index (χ1) is 14.3. The van der Waals surface area contributed by atoms with E-state index in [0.29, 0.717) is 22.3 Å². The normalized spacial score (nSPS) is 11.3. The van der Waals surface area contributed by atoms with E-state index < -0.39 is 24.1 Å². The Morgan fingerprint density at radius 2 is 2.10 bits per heavy atom. The predicted octanol–water partition coefficient (Wildman–Crippen LogP) is 3.92. The maximum atomic E-state index is 13.4. The Hall–Kier alpha value is -3.89. The van der Waals surface area contributed by atoms with Crippen LogP contribution in [0.15, 0.2) is 41.2 Å². The summed E-state index contributed by atoms with van der Waals surface area (Å²) < 4.78 is 49.9. The van der Waals surface area contributed by atoms with Gasteiger partial charge in [-0.2, -0.15) is 13.9 Å². The van der Waals surface area contributed by atoms with E-state index >= 15 is 0 Å². The smallest absolute Gasteiger partial charge is 0.387 e. The largest absolute Gasteiger partial charge is 0.432 e. The number of rotatable bonds is 5. The fourth-order valence-electron chi connectivity index (χ4n) is 2.96. The molecule has 0 radical (unpaired) electrons. The first-order valence-corrected chi connectivity index (χ1v) is 8.63. The summed E-state index contributed by atoms with van der Waals surface area (Å²) >= 11 is 0. The van der Waals surface area contributed by atoms with Gasteiger partial charge < -0.3 is 14.6 Å². The molecular formula is C19H14F3N5O3. The van der Waals surface area contributed by atoms with Gasteiger partial charge in [0, 0.05) is 24.9 Å². The average Bonchev–Trinajstić information content (AvgIpc) is 3.29. The number of carbonyl (C=O) groups excluding carboxylic acids is 1. The van der Waals surface area contributed by atoms with Crippen LogP contribution in [0.3, 0.4) is 0 Å². The van der Waals surface area contributed by atoms with Gasteiger partial charge in [0.2, 0.25) is 0 Å². The lowest BCUT2D eigenvalue weighted by molar-refractivity contribution is -0.0495. The molecule has 30 heavy (non-hydrogen) atoms. The van der Waals surface area contributed by atoms with Crippen LogP contribution in [-0.2, 0) is 7.05 Å². The number of hydrogen-bond donors (Lipinski definition) is 1. The molecule has 0 aliphatic carbocycles. The molecule has 3 aromatic heterocycles. The van der Waals surface area contributed by atoms with Crippen molar-refractivity contribution in [2.45, 2.75) is 13.5 Å². The molecule has 0 bridgehead atoms. The van der Waals surface area contributed by atoms with Crippen molar-refractivity contribution < 1.29 is 27.2 Å². The molecule has 8 nitrogen and oxygen atoms in total. The van der Waals surface area contributed by atoms with Crippen LogP contribution >= 0.6 is 0 Å². The maximum Gasteiger partial charge on any atom is 0.387 e. The topological polar surface area (TPSA) is 95.1 Å². The van der Waals surface area contributed by atoms with Crippen molar-refractivity contribution in [1.29, 1.82) is 0 Å². The molecule has 0 saturated carbocycles. The minimum absolute atomic E-state index is 0.122. The van der Waals surface area contributed by atoms with Crippen LogP contribution in [0.5, 0.6) is 5.75 Å². The number of carbonyl (C=O) groups is 1. The van der Waals surface area contributed by atoms with E-state index in [0.717, 1.165) is 18.2 Å². The van der Waals surface area contributed by atoms with Crippen molar-refractivity contribution in [2.24, 2.45) is 7.05 Å². The first-order valence-electron chi connectivity index (χ1n) is 8.63. The summed E-state index contributed by atoms with van der Waals surface area (Å²) in [5.74, 6) is -1.95. The van der Waals surface area contributed by atoms with E-state index in [1.54, 1.807) is 31.0 Å². The highest BCUT2D eigenvalue weighted by Crippen LogP contribution is 2.30. The molecule has 0 atom stereocenters. The number of fused-ring (bicyclic) bond motifs is 1. The lowest BCUT2D eigenvalue weighted by Gasteiger charge is -2.12. The van der Waals surface area contributed by atoms with Crippen molar-refractivity contribution >= 4 is 22.7 Å². The molecule has 0 aliphatic heterocycles. The second-order valence-corrected chi connectivity index (χ2v) is 6.38. The number of halogens is 3. The molecule has 11 heteroatoms. The maximum absolute atomic E-state index is 13.4. The zero-order chi connectivity index (χ0) is 21.4. The van der Waals surface area contributed by atoms with E-state index in [4.69, 9.17) is 4.52 Å². The summed E-state index contributed by atoms with van der Waals surface area (Å²) in [5.41, 5.74) is 1.60.